The molecule has 2 aromatic rings. The van der Waals surface area contributed by atoms with E-state index in [0.717, 1.165) is 11.3 Å². The fourth-order valence-electron chi connectivity index (χ4n) is 3.13. The molecule has 3 rings (SSSR count). The number of hydrogen-bond donors (Lipinski definition) is 1. The van der Waals surface area contributed by atoms with Gasteiger partial charge in [0.25, 0.3) is 5.91 Å². The molecule has 0 radical (unpaired) electrons. The average Bonchev–Trinajstić information content (AvgIpc) is 2.63. The van der Waals surface area contributed by atoms with E-state index in [2.05, 4.69) is 5.32 Å². The Morgan fingerprint density at radius 3 is 2.42 bits per heavy atom. The van der Waals surface area contributed by atoms with Crippen molar-refractivity contribution in [1.29, 1.82) is 0 Å². The lowest BCUT2D eigenvalue weighted by molar-refractivity contribution is -0.121. The van der Waals surface area contributed by atoms with Gasteiger partial charge in [0.15, 0.2) is 0 Å². The molecule has 0 atom stereocenters. The molecule has 26 heavy (non-hydrogen) atoms. The summed E-state index contributed by atoms with van der Waals surface area (Å²) < 4.78 is 0. The lowest BCUT2D eigenvalue weighted by Crippen LogP contribution is -2.41. The van der Waals surface area contributed by atoms with Gasteiger partial charge in [-0.05, 0) is 49.6 Å². The summed E-state index contributed by atoms with van der Waals surface area (Å²) in [5, 5.41) is 3.84. The minimum Gasteiger partial charge on any atom is -0.339 e. The van der Waals surface area contributed by atoms with Crippen LogP contribution in [-0.4, -0.2) is 29.8 Å². The number of hydrogen-bond acceptors (Lipinski definition) is 2. The molecule has 0 saturated carbocycles. The highest BCUT2D eigenvalue weighted by Gasteiger charge is 2.28. The zero-order valence-electron chi connectivity index (χ0n) is 14.5. The summed E-state index contributed by atoms with van der Waals surface area (Å²) in [6, 6.07) is 12.6. The molecule has 6 heteroatoms. The van der Waals surface area contributed by atoms with E-state index < -0.39 is 0 Å². The van der Waals surface area contributed by atoms with Gasteiger partial charge >= 0.3 is 0 Å². The molecule has 1 aliphatic heterocycles. The summed E-state index contributed by atoms with van der Waals surface area (Å²) in [4.78, 5) is 26.9. The molecule has 4 nitrogen and oxygen atoms in total. The Labute approximate surface area is 163 Å². The largest absolute Gasteiger partial charge is 0.339 e. The summed E-state index contributed by atoms with van der Waals surface area (Å²) in [7, 11) is 0. The zero-order valence-corrected chi connectivity index (χ0v) is 16.0. The van der Waals surface area contributed by atoms with E-state index in [0.29, 0.717) is 41.5 Å². The number of rotatable bonds is 3. The van der Waals surface area contributed by atoms with Gasteiger partial charge in [0, 0.05) is 29.7 Å². The molecular formula is C20H20Cl2N2O2. The number of benzene rings is 2. The third kappa shape index (κ3) is 4.19. The van der Waals surface area contributed by atoms with Gasteiger partial charge in [-0.1, -0.05) is 41.4 Å². The Bertz CT molecular complexity index is 830. The van der Waals surface area contributed by atoms with Crippen LogP contribution in [-0.2, 0) is 4.79 Å². The lowest BCUT2D eigenvalue weighted by Gasteiger charge is -2.31. The number of piperidine rings is 1. The molecule has 0 aliphatic carbocycles. The molecular weight excluding hydrogens is 371 g/mol. The highest BCUT2D eigenvalue weighted by Crippen LogP contribution is 2.26. The Hall–Kier alpha value is -2.04. The van der Waals surface area contributed by atoms with Crippen LogP contribution in [0, 0.1) is 12.8 Å². The number of halogens is 2. The molecule has 1 saturated heterocycles. The first-order chi connectivity index (χ1) is 12.5. The smallest absolute Gasteiger partial charge is 0.255 e. The Kier molecular flexibility index (Phi) is 5.84. The Balaban J connectivity index is 1.59. The maximum atomic E-state index is 12.6. The van der Waals surface area contributed by atoms with Crippen LogP contribution in [0.15, 0.2) is 42.5 Å². The minimum atomic E-state index is -0.121. The van der Waals surface area contributed by atoms with Crippen molar-refractivity contribution in [3.63, 3.8) is 0 Å². The number of amides is 2. The second kappa shape index (κ2) is 8.11. The monoisotopic (exact) mass is 390 g/mol. The first kappa shape index (κ1) is 18.7. The predicted molar refractivity (Wildman–Crippen MR) is 105 cm³/mol. The zero-order chi connectivity index (χ0) is 18.7. The molecule has 0 bridgehead atoms. The normalized spacial score (nSPS) is 15.0. The third-order valence-electron chi connectivity index (χ3n) is 4.72. The van der Waals surface area contributed by atoms with E-state index in [1.807, 2.05) is 31.2 Å². The van der Waals surface area contributed by atoms with Crippen LogP contribution in [0.1, 0.15) is 28.8 Å². The Morgan fingerprint density at radius 2 is 1.77 bits per heavy atom. The second-order valence-electron chi connectivity index (χ2n) is 6.49. The topological polar surface area (TPSA) is 49.4 Å². The molecule has 1 fully saturated rings. The number of para-hydroxylation sites is 1. The molecule has 136 valence electrons. The lowest BCUT2D eigenvalue weighted by atomic mass is 9.95. The van der Waals surface area contributed by atoms with Gasteiger partial charge in [-0.3, -0.25) is 9.59 Å². The van der Waals surface area contributed by atoms with Gasteiger partial charge in [0.05, 0.1) is 10.6 Å². The van der Waals surface area contributed by atoms with Crippen molar-refractivity contribution in [2.75, 3.05) is 18.4 Å². The van der Waals surface area contributed by atoms with Gasteiger partial charge in [-0.15, -0.1) is 0 Å². The number of carbonyl (C=O) groups is 2. The maximum absolute atomic E-state index is 12.6. The van der Waals surface area contributed by atoms with Crippen LogP contribution in [0.3, 0.4) is 0 Å². The standard InChI is InChI=1S/C20H20Cl2N2O2/c1-13-4-2-3-5-18(13)23-19(25)14-8-10-24(11-9-14)20(26)16-7-6-15(21)12-17(16)22/h2-7,12,14H,8-11H2,1H3,(H,23,25). The summed E-state index contributed by atoms with van der Waals surface area (Å²) in [5.41, 5.74) is 2.31. The van der Waals surface area contributed by atoms with Gasteiger partial charge in [-0.25, -0.2) is 0 Å². The van der Waals surface area contributed by atoms with Gasteiger partial charge < -0.3 is 10.2 Å². The van der Waals surface area contributed by atoms with E-state index in [-0.39, 0.29) is 17.7 Å². The quantitative estimate of drug-likeness (QED) is 0.818. The summed E-state index contributed by atoms with van der Waals surface area (Å²) in [6.07, 6.45) is 1.27. The van der Waals surface area contributed by atoms with Crippen molar-refractivity contribution >= 4 is 40.7 Å². The van der Waals surface area contributed by atoms with Crippen molar-refractivity contribution < 1.29 is 9.59 Å². The van der Waals surface area contributed by atoms with Gasteiger partial charge in [0.2, 0.25) is 5.91 Å². The van der Waals surface area contributed by atoms with Crippen LogP contribution in [0.25, 0.3) is 0 Å². The predicted octanol–water partition coefficient (Wildman–Crippen LogP) is 4.79. The van der Waals surface area contributed by atoms with E-state index in [1.165, 1.54) is 0 Å². The molecule has 2 amide bonds. The molecule has 2 aromatic carbocycles. The van der Waals surface area contributed by atoms with E-state index in [9.17, 15) is 9.59 Å². The molecule has 1 heterocycles. The van der Waals surface area contributed by atoms with E-state index in [4.69, 9.17) is 23.2 Å². The van der Waals surface area contributed by atoms with Crippen molar-refractivity contribution in [2.24, 2.45) is 5.92 Å². The summed E-state index contributed by atoms with van der Waals surface area (Å²) >= 11 is 12.0. The number of nitrogens with zero attached hydrogens (tertiary/aromatic N) is 1. The first-order valence-electron chi connectivity index (χ1n) is 8.56. The second-order valence-corrected chi connectivity index (χ2v) is 7.34. The Morgan fingerprint density at radius 1 is 1.08 bits per heavy atom. The molecule has 0 unspecified atom stereocenters. The molecule has 1 aliphatic rings. The maximum Gasteiger partial charge on any atom is 0.255 e. The number of nitrogens with one attached hydrogen (secondary N) is 1. The molecule has 0 aromatic heterocycles. The van der Waals surface area contributed by atoms with Crippen LogP contribution >= 0.6 is 23.2 Å². The summed E-state index contributed by atoms with van der Waals surface area (Å²) in [6.45, 7) is 3.03. The van der Waals surface area contributed by atoms with Crippen molar-refractivity contribution in [1.82, 2.24) is 4.90 Å². The third-order valence-corrected chi connectivity index (χ3v) is 5.27. The van der Waals surface area contributed by atoms with Crippen LogP contribution in [0.5, 0.6) is 0 Å². The fourth-order valence-corrected chi connectivity index (χ4v) is 3.62. The summed E-state index contributed by atoms with van der Waals surface area (Å²) in [5.74, 6) is -0.209. The fraction of sp³-hybridized carbons (Fsp3) is 0.300. The number of likely N-dealkylation sites (tertiary alicyclic amines) is 1. The van der Waals surface area contributed by atoms with Crippen molar-refractivity contribution in [3.05, 3.63) is 63.6 Å². The van der Waals surface area contributed by atoms with Crippen LogP contribution in [0.4, 0.5) is 5.69 Å². The molecule has 1 N–H and O–H groups in total. The molecule has 0 spiro atoms. The van der Waals surface area contributed by atoms with Crippen molar-refractivity contribution in [3.8, 4) is 0 Å². The minimum absolute atomic E-state index is 0.0101. The van der Waals surface area contributed by atoms with Crippen LogP contribution in [0.2, 0.25) is 10.0 Å². The highest BCUT2D eigenvalue weighted by atomic mass is 35.5. The number of carbonyl (C=O) groups excluding carboxylic acids is 2. The van der Waals surface area contributed by atoms with E-state index >= 15 is 0 Å². The van der Waals surface area contributed by atoms with Crippen LogP contribution < -0.4 is 5.32 Å². The van der Waals surface area contributed by atoms with Gasteiger partial charge in [-0.2, -0.15) is 0 Å². The average molecular weight is 391 g/mol. The first-order valence-corrected chi connectivity index (χ1v) is 9.32. The van der Waals surface area contributed by atoms with Gasteiger partial charge in [0.1, 0.15) is 0 Å². The van der Waals surface area contributed by atoms with E-state index in [1.54, 1.807) is 23.1 Å². The SMILES string of the molecule is Cc1ccccc1NC(=O)C1CCN(C(=O)c2ccc(Cl)cc2Cl)CC1. The van der Waals surface area contributed by atoms with Crippen molar-refractivity contribution in [2.45, 2.75) is 19.8 Å². The number of anilines is 1. The number of aryl methyl sites for hydroxylation is 1. The highest BCUT2D eigenvalue weighted by molar-refractivity contribution is 6.36.